The third-order valence-electron chi connectivity index (χ3n) is 3.61. The molecule has 2 aromatic rings. The summed E-state index contributed by atoms with van der Waals surface area (Å²) in [5.41, 5.74) is -0.645. The maximum Gasteiger partial charge on any atom is 0.350 e. The predicted molar refractivity (Wildman–Crippen MR) is 104 cm³/mol. The molecule has 154 valence electrons. The maximum absolute atomic E-state index is 13.8. The Hall–Kier alpha value is -2.02. The Balaban J connectivity index is 2.68. The number of ether oxygens (including phenoxy) is 1. The quantitative estimate of drug-likeness (QED) is 0.474. The van der Waals surface area contributed by atoms with E-state index in [-0.39, 0.29) is 29.4 Å². The van der Waals surface area contributed by atoms with Crippen LogP contribution in [0.4, 0.5) is 4.39 Å². The number of halogens is 1. The fraction of sp³-hybridized carbons (Fsp3) is 0.474. The first-order valence-corrected chi connectivity index (χ1v) is 10.7. The monoisotopic (exact) mass is 413 g/mol. The Morgan fingerprint density at radius 1 is 1.18 bits per heavy atom. The molecule has 9 heteroatoms. The molecular formula is C19H25FNO6P. The number of nitrogens with zero attached hydrogens (tertiary/aromatic N) is 1. The summed E-state index contributed by atoms with van der Waals surface area (Å²) in [6, 6.07) is 3.54. The molecule has 0 bridgehead atoms. The van der Waals surface area contributed by atoms with Crippen molar-refractivity contribution < 1.29 is 27.5 Å². The van der Waals surface area contributed by atoms with Gasteiger partial charge >= 0.3 is 13.6 Å². The minimum Gasteiger partial charge on any atom is -0.462 e. The Morgan fingerprint density at radius 2 is 1.79 bits per heavy atom. The Kier molecular flexibility index (Phi) is 7.15. The van der Waals surface area contributed by atoms with E-state index < -0.39 is 37.0 Å². The molecule has 0 amide bonds. The lowest BCUT2D eigenvalue weighted by Gasteiger charge is -2.24. The lowest BCUT2D eigenvalue weighted by atomic mass is 10.1. The summed E-state index contributed by atoms with van der Waals surface area (Å²) in [5, 5.41) is 0.104. The Bertz CT molecular complexity index is 955. The van der Waals surface area contributed by atoms with Gasteiger partial charge in [-0.3, -0.25) is 9.36 Å². The third kappa shape index (κ3) is 5.28. The van der Waals surface area contributed by atoms with Crippen LogP contribution in [0, 0.1) is 5.82 Å². The van der Waals surface area contributed by atoms with Gasteiger partial charge in [-0.1, -0.05) is 0 Å². The lowest BCUT2D eigenvalue weighted by Crippen LogP contribution is -2.22. The largest absolute Gasteiger partial charge is 0.462 e. The zero-order valence-corrected chi connectivity index (χ0v) is 17.5. The molecule has 1 heterocycles. The highest BCUT2D eigenvalue weighted by Gasteiger charge is 2.30. The van der Waals surface area contributed by atoms with E-state index in [1.807, 2.05) is 0 Å². The van der Waals surface area contributed by atoms with Gasteiger partial charge in [-0.2, -0.15) is 0 Å². The molecule has 0 atom stereocenters. The van der Waals surface area contributed by atoms with E-state index in [1.54, 1.807) is 34.6 Å². The second kappa shape index (κ2) is 8.99. The van der Waals surface area contributed by atoms with Gasteiger partial charge in [0.2, 0.25) is 5.43 Å². The third-order valence-corrected chi connectivity index (χ3v) is 5.74. The molecule has 0 aliphatic rings. The van der Waals surface area contributed by atoms with E-state index in [9.17, 15) is 18.5 Å². The molecule has 0 saturated heterocycles. The van der Waals surface area contributed by atoms with Crippen LogP contribution in [0.1, 0.15) is 45.0 Å². The van der Waals surface area contributed by atoms with Crippen molar-refractivity contribution in [2.75, 3.05) is 6.61 Å². The number of pyridine rings is 1. The summed E-state index contributed by atoms with van der Waals surface area (Å²) in [6.07, 6.45) is 0.131. The van der Waals surface area contributed by atoms with Crippen LogP contribution in [0.2, 0.25) is 0 Å². The number of aromatic nitrogens is 1. The van der Waals surface area contributed by atoms with Gasteiger partial charge in [0.1, 0.15) is 17.7 Å². The van der Waals surface area contributed by atoms with Crippen molar-refractivity contribution in [3.63, 3.8) is 0 Å². The molecule has 0 radical (unpaired) electrons. The molecule has 7 nitrogen and oxygen atoms in total. The molecule has 0 aliphatic heterocycles. The van der Waals surface area contributed by atoms with Crippen LogP contribution in [0.15, 0.2) is 29.2 Å². The van der Waals surface area contributed by atoms with Crippen molar-refractivity contribution >= 4 is 24.5 Å². The molecule has 0 fully saturated rings. The van der Waals surface area contributed by atoms with Crippen LogP contribution in [0.25, 0.3) is 10.9 Å². The summed E-state index contributed by atoms with van der Waals surface area (Å²) >= 11 is 0. The number of esters is 1. The van der Waals surface area contributed by atoms with E-state index >= 15 is 0 Å². The maximum atomic E-state index is 13.8. The number of carbonyl (C=O) groups excluding carboxylic acids is 1. The van der Waals surface area contributed by atoms with Gasteiger partial charge in [-0.05, 0) is 52.8 Å². The summed E-state index contributed by atoms with van der Waals surface area (Å²) in [4.78, 5) is 24.9. The molecule has 0 N–H and O–H groups in total. The number of hydrogen-bond donors (Lipinski definition) is 0. The van der Waals surface area contributed by atoms with Crippen molar-refractivity contribution in [1.82, 2.24) is 4.57 Å². The van der Waals surface area contributed by atoms with E-state index in [2.05, 4.69) is 0 Å². The number of benzene rings is 1. The van der Waals surface area contributed by atoms with Crippen LogP contribution in [-0.4, -0.2) is 29.4 Å². The minimum atomic E-state index is -3.67. The van der Waals surface area contributed by atoms with Crippen LogP contribution < -0.4 is 5.43 Å². The molecule has 0 unspecified atom stereocenters. The average molecular weight is 413 g/mol. The summed E-state index contributed by atoms with van der Waals surface area (Å²) in [5.74, 6) is -1.38. The van der Waals surface area contributed by atoms with Gasteiger partial charge in [0, 0.05) is 11.6 Å². The number of fused-ring (bicyclic) bond motifs is 1. The van der Waals surface area contributed by atoms with E-state index in [0.29, 0.717) is 0 Å². The van der Waals surface area contributed by atoms with E-state index in [4.69, 9.17) is 13.8 Å². The number of hydrogen-bond acceptors (Lipinski definition) is 6. The average Bonchev–Trinajstić information content (AvgIpc) is 2.55. The van der Waals surface area contributed by atoms with E-state index in [0.717, 1.165) is 12.1 Å². The SMILES string of the molecule is CCOC(=O)c1cn(CP(=O)(OC(C)C)OC(C)C)c2cc(F)ccc2c1=O. The van der Waals surface area contributed by atoms with Gasteiger partial charge in [-0.15, -0.1) is 0 Å². The van der Waals surface area contributed by atoms with E-state index in [1.165, 1.54) is 16.8 Å². The number of rotatable bonds is 8. The topological polar surface area (TPSA) is 83.8 Å². The van der Waals surface area contributed by atoms with Gasteiger partial charge in [0.25, 0.3) is 0 Å². The predicted octanol–water partition coefficient (Wildman–Crippen LogP) is 4.32. The molecule has 2 rings (SSSR count). The fourth-order valence-electron chi connectivity index (χ4n) is 2.76. The first-order valence-electron chi connectivity index (χ1n) is 9.02. The summed E-state index contributed by atoms with van der Waals surface area (Å²) in [6.45, 7) is 8.55. The normalized spacial score (nSPS) is 12.1. The highest BCUT2D eigenvalue weighted by atomic mass is 31.2. The van der Waals surface area contributed by atoms with Crippen molar-refractivity contribution in [2.24, 2.45) is 0 Å². The standard InChI is InChI=1S/C19H25FNO6P/c1-6-25-19(23)16-10-21(11-28(24,26-12(2)3)27-13(4)5)17-9-14(20)7-8-15(17)18(16)22/h7-10,12-13H,6,11H2,1-5H3. The van der Waals surface area contributed by atoms with Crippen molar-refractivity contribution in [3.05, 3.63) is 46.0 Å². The number of carbonyl (C=O) groups is 1. The smallest absolute Gasteiger partial charge is 0.350 e. The summed E-state index contributed by atoms with van der Waals surface area (Å²) < 4.78 is 44.5. The Labute approximate surface area is 162 Å². The first-order chi connectivity index (χ1) is 13.1. The van der Waals surface area contributed by atoms with Gasteiger partial charge in [0.05, 0.1) is 24.3 Å². The van der Waals surface area contributed by atoms with Crippen molar-refractivity contribution in [3.8, 4) is 0 Å². The molecular weight excluding hydrogens is 388 g/mol. The minimum absolute atomic E-state index is 0.0884. The fourth-order valence-corrected chi connectivity index (χ4v) is 4.83. The zero-order chi connectivity index (χ0) is 21.1. The van der Waals surface area contributed by atoms with Gasteiger partial charge < -0.3 is 18.4 Å². The highest BCUT2D eigenvalue weighted by molar-refractivity contribution is 7.52. The second-order valence-electron chi connectivity index (χ2n) is 6.78. The first kappa shape index (κ1) is 22.3. The molecule has 28 heavy (non-hydrogen) atoms. The second-order valence-corrected chi connectivity index (χ2v) is 8.71. The Morgan fingerprint density at radius 3 is 2.32 bits per heavy atom. The van der Waals surface area contributed by atoms with Crippen LogP contribution in [0.5, 0.6) is 0 Å². The van der Waals surface area contributed by atoms with Crippen molar-refractivity contribution in [1.29, 1.82) is 0 Å². The molecule has 0 aliphatic carbocycles. The summed E-state index contributed by atoms with van der Waals surface area (Å²) in [7, 11) is -3.67. The zero-order valence-electron chi connectivity index (χ0n) is 16.6. The van der Waals surface area contributed by atoms with Crippen LogP contribution in [0.3, 0.4) is 0 Å². The molecule has 0 saturated carbocycles. The lowest BCUT2D eigenvalue weighted by molar-refractivity contribution is 0.0523. The van der Waals surface area contributed by atoms with Crippen LogP contribution in [-0.2, 0) is 24.6 Å². The van der Waals surface area contributed by atoms with Gasteiger partial charge in [0.15, 0.2) is 0 Å². The van der Waals surface area contributed by atoms with Crippen LogP contribution >= 0.6 is 7.60 Å². The van der Waals surface area contributed by atoms with Crippen molar-refractivity contribution in [2.45, 2.75) is 53.1 Å². The highest BCUT2D eigenvalue weighted by Crippen LogP contribution is 2.52. The molecule has 1 aromatic heterocycles. The van der Waals surface area contributed by atoms with Gasteiger partial charge in [-0.25, -0.2) is 9.18 Å². The molecule has 1 aromatic carbocycles. The molecule has 0 spiro atoms.